The molecule has 26 heavy (non-hydrogen) atoms. The number of rotatable bonds is 14. The van der Waals surface area contributed by atoms with Gasteiger partial charge in [-0.2, -0.15) is 0 Å². The van der Waals surface area contributed by atoms with Gasteiger partial charge in [0.05, 0.1) is 6.10 Å². The molecule has 0 aliphatic heterocycles. The first-order valence-electron chi connectivity index (χ1n) is 10.3. The summed E-state index contributed by atoms with van der Waals surface area (Å²) in [6.07, 6.45) is 16.0. The van der Waals surface area contributed by atoms with E-state index in [9.17, 15) is 9.90 Å². The maximum Gasteiger partial charge on any atom is 0.159 e. The number of nitrogens with one attached hydrogen (secondary N) is 1. The van der Waals surface area contributed by atoms with Crippen LogP contribution in [0.15, 0.2) is 12.2 Å². The number of aryl methyl sites for hydroxylation is 1. The Morgan fingerprint density at radius 1 is 1.12 bits per heavy atom. The maximum absolute atomic E-state index is 12.1. The number of ketones is 1. The molecule has 3 unspecified atom stereocenters. The SMILES string of the molecule is CCCCCC(O)CCC1C=CC(=O)C1CCCCCCc1nnn[nH]1. The Hall–Kier alpha value is -1.56. The summed E-state index contributed by atoms with van der Waals surface area (Å²) in [7, 11) is 0. The maximum atomic E-state index is 12.1. The third-order valence-corrected chi connectivity index (χ3v) is 5.43. The van der Waals surface area contributed by atoms with Gasteiger partial charge in [0, 0.05) is 12.3 Å². The van der Waals surface area contributed by atoms with Crippen molar-refractivity contribution in [3.63, 3.8) is 0 Å². The lowest BCUT2D eigenvalue weighted by atomic mass is 9.85. The van der Waals surface area contributed by atoms with Crippen molar-refractivity contribution in [2.45, 2.75) is 90.1 Å². The molecule has 1 aromatic heterocycles. The number of aliphatic hydroxyl groups is 1. The lowest BCUT2D eigenvalue weighted by Crippen LogP contribution is -2.18. The molecule has 1 aliphatic carbocycles. The van der Waals surface area contributed by atoms with Gasteiger partial charge in [0.15, 0.2) is 5.78 Å². The van der Waals surface area contributed by atoms with Gasteiger partial charge in [-0.1, -0.05) is 51.5 Å². The number of aromatic nitrogens is 4. The summed E-state index contributed by atoms with van der Waals surface area (Å²) in [5.41, 5.74) is 0. The van der Waals surface area contributed by atoms with E-state index in [1.54, 1.807) is 6.08 Å². The van der Waals surface area contributed by atoms with Crippen LogP contribution in [0.3, 0.4) is 0 Å². The fourth-order valence-electron chi connectivity index (χ4n) is 3.79. The smallest absolute Gasteiger partial charge is 0.159 e. The first-order chi connectivity index (χ1) is 12.7. The molecule has 0 fully saturated rings. The van der Waals surface area contributed by atoms with Crippen LogP contribution in [0.5, 0.6) is 0 Å². The van der Waals surface area contributed by atoms with Gasteiger partial charge in [0.1, 0.15) is 5.82 Å². The Morgan fingerprint density at radius 2 is 1.96 bits per heavy atom. The predicted molar refractivity (Wildman–Crippen MR) is 101 cm³/mol. The van der Waals surface area contributed by atoms with E-state index in [-0.39, 0.29) is 17.8 Å². The molecule has 0 radical (unpaired) electrons. The topological polar surface area (TPSA) is 91.8 Å². The number of allylic oxidation sites excluding steroid dienone is 2. The highest BCUT2D eigenvalue weighted by atomic mass is 16.3. The van der Waals surface area contributed by atoms with E-state index in [1.165, 1.54) is 12.8 Å². The second-order valence-electron chi connectivity index (χ2n) is 7.56. The minimum atomic E-state index is -0.211. The number of nitrogens with zero attached hydrogens (tertiary/aromatic N) is 3. The number of hydrogen-bond donors (Lipinski definition) is 2. The van der Waals surface area contributed by atoms with E-state index >= 15 is 0 Å². The standard InChI is InChI=1S/C20H34N4O2/c1-2-3-6-9-17(25)14-12-16-13-15-19(26)18(16)10-7-4-5-8-11-20-21-23-24-22-20/h13,15-18,25H,2-12,14H2,1H3,(H,21,22,23,24). The predicted octanol–water partition coefficient (Wildman–Crippen LogP) is 3.79. The molecular weight excluding hydrogens is 328 g/mol. The van der Waals surface area contributed by atoms with Gasteiger partial charge >= 0.3 is 0 Å². The summed E-state index contributed by atoms with van der Waals surface area (Å²) < 4.78 is 0. The average Bonchev–Trinajstić information content (AvgIpc) is 3.27. The van der Waals surface area contributed by atoms with Crippen molar-refractivity contribution in [1.82, 2.24) is 20.6 Å². The number of aliphatic hydroxyl groups excluding tert-OH is 1. The quantitative estimate of drug-likeness (QED) is 0.491. The third-order valence-electron chi connectivity index (χ3n) is 5.43. The van der Waals surface area contributed by atoms with E-state index in [2.05, 4.69) is 33.6 Å². The molecule has 3 atom stereocenters. The zero-order chi connectivity index (χ0) is 18.6. The van der Waals surface area contributed by atoms with Gasteiger partial charge in [0.25, 0.3) is 0 Å². The van der Waals surface area contributed by atoms with Crippen LogP contribution >= 0.6 is 0 Å². The van der Waals surface area contributed by atoms with Gasteiger partial charge in [-0.25, -0.2) is 5.10 Å². The second-order valence-corrected chi connectivity index (χ2v) is 7.56. The number of hydrogen-bond acceptors (Lipinski definition) is 5. The summed E-state index contributed by atoms with van der Waals surface area (Å²) in [5.74, 6) is 1.58. The van der Waals surface area contributed by atoms with Gasteiger partial charge in [-0.15, -0.1) is 5.10 Å². The highest BCUT2D eigenvalue weighted by Crippen LogP contribution is 2.31. The molecule has 146 valence electrons. The van der Waals surface area contributed by atoms with Crippen LogP contribution in [0.4, 0.5) is 0 Å². The Labute approximate surface area is 156 Å². The Morgan fingerprint density at radius 3 is 2.73 bits per heavy atom. The van der Waals surface area contributed by atoms with Crippen LogP contribution in [0, 0.1) is 11.8 Å². The molecule has 1 aromatic rings. The number of carbonyl (C=O) groups excluding carboxylic acids is 1. The molecule has 1 aliphatic rings. The summed E-state index contributed by atoms with van der Waals surface area (Å²) in [6.45, 7) is 2.18. The number of carbonyl (C=O) groups is 1. The Balaban J connectivity index is 1.58. The zero-order valence-corrected chi connectivity index (χ0v) is 16.1. The average molecular weight is 363 g/mol. The molecule has 2 N–H and O–H groups in total. The number of unbranched alkanes of at least 4 members (excludes halogenated alkanes) is 5. The van der Waals surface area contributed by atoms with Crippen molar-refractivity contribution in [1.29, 1.82) is 0 Å². The van der Waals surface area contributed by atoms with Crippen LogP contribution in [0.1, 0.15) is 83.4 Å². The van der Waals surface area contributed by atoms with Crippen LogP contribution in [0.25, 0.3) is 0 Å². The van der Waals surface area contributed by atoms with Crippen molar-refractivity contribution in [3.05, 3.63) is 18.0 Å². The second kappa shape index (κ2) is 11.9. The van der Waals surface area contributed by atoms with Crippen molar-refractivity contribution < 1.29 is 9.90 Å². The monoisotopic (exact) mass is 362 g/mol. The van der Waals surface area contributed by atoms with Crippen LogP contribution in [0.2, 0.25) is 0 Å². The molecule has 0 bridgehead atoms. The number of H-pyrrole nitrogens is 1. The van der Waals surface area contributed by atoms with E-state index in [0.717, 1.165) is 70.0 Å². The lowest BCUT2D eigenvalue weighted by Gasteiger charge is -2.19. The molecule has 6 nitrogen and oxygen atoms in total. The molecule has 0 aromatic carbocycles. The van der Waals surface area contributed by atoms with Crippen LogP contribution in [-0.2, 0) is 11.2 Å². The fourth-order valence-corrected chi connectivity index (χ4v) is 3.79. The van der Waals surface area contributed by atoms with Gasteiger partial charge in [-0.3, -0.25) is 4.79 Å². The molecule has 0 spiro atoms. The summed E-state index contributed by atoms with van der Waals surface area (Å²) in [5, 5.41) is 23.9. The largest absolute Gasteiger partial charge is 0.393 e. The van der Waals surface area contributed by atoms with Gasteiger partial charge < -0.3 is 5.11 Å². The van der Waals surface area contributed by atoms with Crippen molar-refractivity contribution in [2.75, 3.05) is 0 Å². The third kappa shape index (κ3) is 7.36. The van der Waals surface area contributed by atoms with Crippen molar-refractivity contribution >= 4 is 5.78 Å². The summed E-state index contributed by atoms with van der Waals surface area (Å²) in [4.78, 5) is 12.1. The van der Waals surface area contributed by atoms with Gasteiger partial charge in [0.2, 0.25) is 0 Å². The molecule has 0 amide bonds. The molecule has 6 heteroatoms. The summed E-state index contributed by atoms with van der Waals surface area (Å²) in [6, 6.07) is 0. The Kier molecular flexibility index (Phi) is 9.53. The molecule has 0 saturated carbocycles. The van der Waals surface area contributed by atoms with E-state index in [4.69, 9.17) is 0 Å². The molecular formula is C20H34N4O2. The van der Waals surface area contributed by atoms with Crippen molar-refractivity contribution in [3.8, 4) is 0 Å². The van der Waals surface area contributed by atoms with Crippen LogP contribution < -0.4 is 0 Å². The molecule has 0 saturated heterocycles. The highest BCUT2D eigenvalue weighted by Gasteiger charge is 2.29. The minimum Gasteiger partial charge on any atom is -0.393 e. The fraction of sp³-hybridized carbons (Fsp3) is 0.800. The Bertz CT molecular complexity index is 530. The number of tetrazole rings is 1. The lowest BCUT2D eigenvalue weighted by molar-refractivity contribution is -0.118. The normalized spacial score (nSPS) is 20.8. The molecule has 1 heterocycles. The van der Waals surface area contributed by atoms with Crippen molar-refractivity contribution in [2.24, 2.45) is 11.8 Å². The first kappa shape index (κ1) is 20.7. The van der Waals surface area contributed by atoms with E-state index < -0.39 is 0 Å². The zero-order valence-electron chi connectivity index (χ0n) is 16.1. The van der Waals surface area contributed by atoms with E-state index in [0.29, 0.717) is 5.92 Å². The number of aromatic amines is 1. The van der Waals surface area contributed by atoms with Gasteiger partial charge in [-0.05, 0) is 54.5 Å². The molecule has 2 rings (SSSR count). The van der Waals surface area contributed by atoms with Crippen LogP contribution in [-0.4, -0.2) is 37.6 Å². The highest BCUT2D eigenvalue weighted by molar-refractivity contribution is 5.94. The van der Waals surface area contributed by atoms with E-state index in [1.807, 2.05) is 0 Å². The first-order valence-corrected chi connectivity index (χ1v) is 10.3. The minimum absolute atomic E-state index is 0.135. The summed E-state index contributed by atoms with van der Waals surface area (Å²) >= 11 is 0.